The van der Waals surface area contributed by atoms with Crippen LogP contribution in [0, 0.1) is 35.5 Å². The number of aromatic nitrogens is 2. The highest BCUT2D eigenvalue weighted by Gasteiger charge is 2.57. The van der Waals surface area contributed by atoms with Crippen LogP contribution >= 0.6 is 0 Å². The number of allylic oxidation sites excluding steroid dienone is 2. The van der Waals surface area contributed by atoms with Crippen LogP contribution in [0.3, 0.4) is 0 Å². The molecule has 4 fully saturated rings. The SMILES string of the molecule is C/C=C/c1ccc2n(c1=O)C[C@@H]1[C@@H](CO)[C@H](C(=O)N(C)C)[C@H]2N1CC1CCCC1.C/C=C\c1ccc2n(c1=O)C[C@@H]1[C@@H](CO)[C@H](C(=O)N(C)C)[C@H]2N1CC1CCCC1. The van der Waals surface area contributed by atoms with Gasteiger partial charge in [0.1, 0.15) is 0 Å². The highest BCUT2D eigenvalue weighted by Crippen LogP contribution is 2.51. The minimum absolute atomic E-state index is 0.00533. The number of hydrogen-bond donors (Lipinski definition) is 2. The molecule has 0 aromatic carbocycles. The van der Waals surface area contributed by atoms with E-state index in [9.17, 15) is 29.4 Å². The molecule has 2 N–H and O–H groups in total. The lowest BCUT2D eigenvalue weighted by Crippen LogP contribution is -2.48. The maximum atomic E-state index is 13.2. The molecule has 2 amide bonds. The predicted molar refractivity (Wildman–Crippen MR) is 227 cm³/mol. The molecule has 12 heteroatoms. The van der Waals surface area contributed by atoms with E-state index in [1.807, 2.05) is 71.6 Å². The summed E-state index contributed by atoms with van der Waals surface area (Å²) in [6.07, 6.45) is 17.5. The highest BCUT2D eigenvalue weighted by atomic mass is 16.3. The Balaban J connectivity index is 0.000000177. The lowest BCUT2D eigenvalue weighted by atomic mass is 9.86. The third-order valence-electron chi connectivity index (χ3n) is 14.4. The molecule has 4 bridgehead atoms. The molecule has 12 nitrogen and oxygen atoms in total. The average Bonchev–Trinajstić information content (AvgIpc) is 4.00. The Morgan fingerprint density at radius 2 is 1.00 bits per heavy atom. The number of rotatable bonds is 10. The van der Waals surface area contributed by atoms with Crippen LogP contribution in [-0.4, -0.2) is 117 Å². The van der Waals surface area contributed by atoms with E-state index in [-0.39, 0.29) is 84.0 Å². The third kappa shape index (κ3) is 7.58. The zero-order chi connectivity index (χ0) is 41.4. The summed E-state index contributed by atoms with van der Waals surface area (Å²) in [7, 11) is 7.12. The van der Waals surface area contributed by atoms with Gasteiger partial charge in [-0.1, -0.05) is 50.0 Å². The number of carbonyl (C=O) groups is 2. The van der Waals surface area contributed by atoms with Crippen LogP contribution in [0.4, 0.5) is 0 Å². The fourth-order valence-corrected chi connectivity index (χ4v) is 11.7. The molecular weight excluding hydrogens is 733 g/mol. The molecule has 2 aromatic heterocycles. The number of carbonyl (C=O) groups excluding carboxylic acids is 2. The van der Waals surface area contributed by atoms with Crippen molar-refractivity contribution in [2.24, 2.45) is 35.5 Å². The van der Waals surface area contributed by atoms with E-state index >= 15 is 0 Å². The quantitative estimate of drug-likeness (QED) is 0.365. The highest BCUT2D eigenvalue weighted by molar-refractivity contribution is 5.81. The molecule has 2 aliphatic carbocycles. The molecule has 2 saturated heterocycles. The monoisotopic (exact) mass is 799 g/mol. The van der Waals surface area contributed by atoms with E-state index in [2.05, 4.69) is 9.80 Å². The second-order valence-electron chi connectivity index (χ2n) is 18.2. The van der Waals surface area contributed by atoms with Gasteiger partial charge in [0.05, 0.1) is 23.9 Å². The molecule has 8 atom stereocenters. The summed E-state index contributed by atoms with van der Waals surface area (Å²) < 4.78 is 3.73. The zero-order valence-corrected chi connectivity index (χ0v) is 35.5. The normalized spacial score (nSPS) is 29.5. The Hall–Kier alpha value is -3.84. The molecule has 6 heterocycles. The summed E-state index contributed by atoms with van der Waals surface area (Å²) in [4.78, 5) is 60.8. The van der Waals surface area contributed by atoms with E-state index in [0.29, 0.717) is 36.1 Å². The van der Waals surface area contributed by atoms with Crippen molar-refractivity contribution in [3.63, 3.8) is 0 Å². The molecule has 8 rings (SSSR count). The van der Waals surface area contributed by atoms with Crippen LogP contribution in [0.1, 0.15) is 99.8 Å². The predicted octanol–water partition coefficient (Wildman–Crippen LogP) is 4.25. The van der Waals surface area contributed by atoms with Gasteiger partial charge in [-0.05, 0) is 75.6 Å². The fraction of sp³-hybridized carbons (Fsp3) is 0.652. The van der Waals surface area contributed by atoms with E-state index < -0.39 is 0 Å². The first kappa shape index (κ1) is 42.3. The van der Waals surface area contributed by atoms with Crippen LogP contribution in [0.5, 0.6) is 0 Å². The van der Waals surface area contributed by atoms with Crippen LogP contribution in [0.2, 0.25) is 0 Å². The minimum atomic E-state index is -0.317. The smallest absolute Gasteiger partial charge is 0.258 e. The molecule has 0 radical (unpaired) electrons. The summed E-state index contributed by atoms with van der Waals surface area (Å²) in [6, 6.07) is 7.56. The average molecular weight is 799 g/mol. The molecular formula is C46H66N6O6. The van der Waals surface area contributed by atoms with Gasteiger partial charge in [0.25, 0.3) is 11.1 Å². The minimum Gasteiger partial charge on any atom is -0.396 e. The van der Waals surface area contributed by atoms with Gasteiger partial charge >= 0.3 is 0 Å². The third-order valence-corrected chi connectivity index (χ3v) is 14.4. The Kier molecular flexibility index (Phi) is 13.0. The van der Waals surface area contributed by atoms with Crippen molar-refractivity contribution >= 4 is 24.0 Å². The van der Waals surface area contributed by atoms with E-state index in [4.69, 9.17) is 0 Å². The van der Waals surface area contributed by atoms with Gasteiger partial charge in [-0.3, -0.25) is 29.0 Å². The van der Waals surface area contributed by atoms with Crippen LogP contribution in [0.25, 0.3) is 12.2 Å². The number of aliphatic hydroxyl groups excluding tert-OH is 2. The molecule has 4 aliphatic heterocycles. The molecule has 2 saturated carbocycles. The Morgan fingerprint density at radius 3 is 1.31 bits per heavy atom. The number of fused-ring (bicyclic) bond motifs is 8. The number of pyridine rings is 2. The van der Waals surface area contributed by atoms with Crippen molar-refractivity contribution in [3.8, 4) is 0 Å². The van der Waals surface area contributed by atoms with Crippen LogP contribution < -0.4 is 11.1 Å². The Bertz CT molecular complexity index is 1850. The Labute approximate surface area is 343 Å². The van der Waals surface area contributed by atoms with Crippen LogP contribution in [-0.2, 0) is 22.7 Å². The van der Waals surface area contributed by atoms with Gasteiger partial charge in [-0.25, -0.2) is 0 Å². The van der Waals surface area contributed by atoms with Gasteiger partial charge in [0.15, 0.2) is 0 Å². The zero-order valence-electron chi connectivity index (χ0n) is 35.5. The fourth-order valence-electron chi connectivity index (χ4n) is 11.7. The van der Waals surface area contributed by atoms with Crippen LogP contribution in [0.15, 0.2) is 46.0 Å². The summed E-state index contributed by atoms with van der Waals surface area (Å²) in [5, 5.41) is 20.6. The number of nitrogens with zero attached hydrogens (tertiary/aromatic N) is 6. The first-order valence-electron chi connectivity index (χ1n) is 21.8. The molecule has 58 heavy (non-hydrogen) atoms. The lowest BCUT2D eigenvalue weighted by molar-refractivity contribution is -0.136. The van der Waals surface area contributed by atoms with Gasteiger partial charge < -0.3 is 29.1 Å². The number of amides is 2. The largest absolute Gasteiger partial charge is 0.396 e. The maximum Gasteiger partial charge on any atom is 0.258 e. The van der Waals surface area contributed by atoms with Crippen molar-refractivity contribution in [2.45, 2.75) is 102 Å². The topological polar surface area (TPSA) is 132 Å². The molecule has 0 unspecified atom stereocenters. The number of aliphatic hydroxyl groups is 2. The summed E-state index contributed by atoms with van der Waals surface area (Å²) in [6.45, 7) is 6.75. The first-order valence-corrected chi connectivity index (χ1v) is 21.8. The van der Waals surface area contributed by atoms with Gasteiger partial charge in [-0.2, -0.15) is 0 Å². The standard InChI is InChI=1S/2C23H33N3O3/c2*1-4-7-16-10-11-18-21-20(23(29)24(2)3)17(14-27)19(13-26(18)22(16)28)25(21)12-15-8-5-6-9-15/h2*4,7,10-11,15,17,19-21,27H,5-6,8-9,12-14H2,1-3H3/b7-4+;7-4-/t2*17-,19-,20+,21+/m11/s1. The molecule has 6 aliphatic rings. The molecule has 316 valence electrons. The van der Waals surface area contributed by atoms with Gasteiger partial charge in [0, 0.05) is 114 Å². The van der Waals surface area contributed by atoms with Crippen molar-refractivity contribution < 1.29 is 19.8 Å². The lowest BCUT2D eigenvalue weighted by Gasteiger charge is -2.39. The van der Waals surface area contributed by atoms with Crippen molar-refractivity contribution in [2.75, 3.05) is 54.5 Å². The maximum absolute atomic E-state index is 13.2. The van der Waals surface area contributed by atoms with Crippen molar-refractivity contribution in [1.82, 2.24) is 28.7 Å². The van der Waals surface area contributed by atoms with Crippen molar-refractivity contribution in [3.05, 3.63) is 79.6 Å². The second-order valence-corrected chi connectivity index (χ2v) is 18.2. The van der Waals surface area contributed by atoms with E-state index in [0.717, 1.165) is 24.5 Å². The number of hydrogen-bond acceptors (Lipinski definition) is 8. The molecule has 0 spiro atoms. The van der Waals surface area contributed by atoms with E-state index in [1.54, 1.807) is 38.0 Å². The van der Waals surface area contributed by atoms with E-state index in [1.165, 1.54) is 51.4 Å². The summed E-state index contributed by atoms with van der Waals surface area (Å²) >= 11 is 0. The summed E-state index contributed by atoms with van der Waals surface area (Å²) in [5.41, 5.74) is 3.21. The second kappa shape index (κ2) is 17.8. The summed E-state index contributed by atoms with van der Waals surface area (Å²) in [5.74, 6) is 0.449. The van der Waals surface area contributed by atoms with Crippen molar-refractivity contribution in [1.29, 1.82) is 0 Å². The molecule has 2 aromatic rings. The van der Waals surface area contributed by atoms with Gasteiger partial charge in [0.2, 0.25) is 11.8 Å². The van der Waals surface area contributed by atoms with Gasteiger partial charge in [-0.15, -0.1) is 0 Å². The Morgan fingerprint density at radius 1 is 0.638 bits per heavy atom. The first-order chi connectivity index (χ1) is 27.9.